The molecule has 0 spiro atoms. The lowest BCUT2D eigenvalue weighted by atomic mass is 10.1. The molecule has 0 unspecified atom stereocenters. The molecule has 100 valence electrons. The van der Waals surface area contributed by atoms with Gasteiger partial charge in [0, 0.05) is 0 Å². The zero-order valence-corrected chi connectivity index (χ0v) is 9.90. The Morgan fingerprint density at radius 1 is 1.56 bits per heavy atom. The first kappa shape index (κ1) is 13.2. The molecule has 1 aromatic rings. The molecule has 1 fully saturated rings. The highest BCUT2D eigenvalue weighted by Gasteiger charge is 2.44. The molecule has 0 aromatic carbocycles. The minimum absolute atomic E-state index is 0.250. The van der Waals surface area contributed by atoms with Crippen molar-refractivity contribution in [1.82, 2.24) is 15.0 Å². The number of amides is 1. The van der Waals surface area contributed by atoms with Crippen LogP contribution in [0.3, 0.4) is 0 Å². The number of thioether (sulfide) groups is 1. The van der Waals surface area contributed by atoms with Crippen LogP contribution >= 0.6 is 11.8 Å². The van der Waals surface area contributed by atoms with Crippen LogP contribution in [-0.2, 0) is 4.74 Å². The first-order valence-electron chi connectivity index (χ1n) is 5.04. The lowest BCUT2D eigenvalue weighted by Gasteiger charge is -2.12. The maximum atomic E-state index is 10.7. The second-order valence-corrected chi connectivity index (χ2v) is 4.68. The van der Waals surface area contributed by atoms with Crippen LogP contribution in [0, 0.1) is 0 Å². The molecule has 2 heterocycles. The number of primary amides is 1. The summed E-state index contributed by atoms with van der Waals surface area (Å²) >= 11 is 0.682. The summed E-state index contributed by atoms with van der Waals surface area (Å²) < 4.78 is 5.20. The number of nitrogens with zero attached hydrogens (tertiary/aromatic N) is 3. The van der Waals surface area contributed by atoms with Crippen molar-refractivity contribution >= 4 is 17.0 Å². The molecule has 1 amide bonds. The lowest BCUT2D eigenvalue weighted by Crippen LogP contribution is -2.33. The number of ether oxygens (including phenoxy) is 1. The number of aromatic nitrogens is 3. The number of hydrogen-bond donors (Lipinski definition) is 4. The minimum Gasteiger partial charge on any atom is -0.394 e. The fourth-order valence-corrected chi connectivity index (χ4v) is 2.03. The van der Waals surface area contributed by atoms with Gasteiger partial charge in [0.25, 0.3) is 5.24 Å². The largest absolute Gasteiger partial charge is 0.394 e. The molecular weight excluding hydrogens is 264 g/mol. The topological polar surface area (TPSA) is 144 Å². The smallest absolute Gasteiger partial charge is 0.282 e. The Morgan fingerprint density at radius 2 is 2.28 bits per heavy atom. The average molecular weight is 276 g/mol. The van der Waals surface area contributed by atoms with Gasteiger partial charge < -0.3 is 25.8 Å². The van der Waals surface area contributed by atoms with E-state index in [-0.39, 0.29) is 5.03 Å². The van der Waals surface area contributed by atoms with Crippen LogP contribution in [0.15, 0.2) is 11.2 Å². The van der Waals surface area contributed by atoms with Crippen LogP contribution in [0.5, 0.6) is 0 Å². The highest BCUT2D eigenvalue weighted by Crippen LogP contribution is 2.28. The van der Waals surface area contributed by atoms with Crippen molar-refractivity contribution in [2.45, 2.75) is 29.6 Å². The summed E-state index contributed by atoms with van der Waals surface area (Å²) in [5.74, 6) is 0. The summed E-state index contributed by atoms with van der Waals surface area (Å²) in [5, 5.41) is 35.5. The Kier molecular flexibility index (Phi) is 3.82. The zero-order chi connectivity index (χ0) is 13.3. The number of nitrogens with two attached hydrogens (primary N) is 1. The highest BCUT2D eigenvalue weighted by atomic mass is 32.2. The Morgan fingerprint density at radius 3 is 2.83 bits per heavy atom. The van der Waals surface area contributed by atoms with Gasteiger partial charge in [0.1, 0.15) is 23.3 Å². The minimum atomic E-state index is -1.26. The van der Waals surface area contributed by atoms with E-state index < -0.39 is 36.4 Å². The van der Waals surface area contributed by atoms with Gasteiger partial charge in [-0.1, -0.05) is 0 Å². The maximum Gasteiger partial charge on any atom is 0.282 e. The summed E-state index contributed by atoms with van der Waals surface area (Å²) in [6.45, 7) is -0.432. The van der Waals surface area contributed by atoms with Gasteiger partial charge in [-0.3, -0.25) is 4.79 Å². The van der Waals surface area contributed by atoms with Crippen molar-refractivity contribution in [3.05, 3.63) is 6.20 Å². The van der Waals surface area contributed by atoms with E-state index in [0.29, 0.717) is 11.8 Å². The van der Waals surface area contributed by atoms with E-state index in [0.717, 1.165) is 4.80 Å². The third kappa shape index (κ3) is 2.47. The molecule has 18 heavy (non-hydrogen) atoms. The van der Waals surface area contributed by atoms with Gasteiger partial charge in [-0.25, -0.2) is 0 Å². The lowest BCUT2D eigenvalue weighted by molar-refractivity contribution is -0.0659. The van der Waals surface area contributed by atoms with E-state index in [1.807, 2.05) is 0 Å². The molecule has 10 heteroatoms. The SMILES string of the molecule is NC(=O)Sc1cnn([C@@H]2O[C@H](CO)[C@@H](O)[C@H]2O)n1. The maximum absolute atomic E-state index is 10.7. The van der Waals surface area contributed by atoms with E-state index in [2.05, 4.69) is 10.2 Å². The van der Waals surface area contributed by atoms with E-state index in [9.17, 15) is 15.0 Å². The fourth-order valence-electron chi connectivity index (χ4n) is 1.60. The van der Waals surface area contributed by atoms with Crippen LogP contribution < -0.4 is 5.73 Å². The average Bonchev–Trinajstić information content (AvgIpc) is 2.86. The third-order valence-electron chi connectivity index (χ3n) is 2.44. The molecule has 2 rings (SSSR count). The third-order valence-corrected chi connectivity index (χ3v) is 3.03. The summed E-state index contributed by atoms with van der Waals surface area (Å²) in [4.78, 5) is 11.7. The Bertz CT molecular complexity index is 441. The van der Waals surface area contributed by atoms with Crippen molar-refractivity contribution in [3.63, 3.8) is 0 Å². The number of rotatable bonds is 3. The van der Waals surface area contributed by atoms with Crippen LogP contribution in [-0.4, -0.2) is 60.5 Å². The van der Waals surface area contributed by atoms with E-state index in [1.54, 1.807) is 0 Å². The quantitative estimate of drug-likeness (QED) is 0.467. The van der Waals surface area contributed by atoms with Crippen LogP contribution in [0.1, 0.15) is 6.23 Å². The van der Waals surface area contributed by atoms with Crippen molar-refractivity contribution in [2.24, 2.45) is 5.73 Å². The van der Waals surface area contributed by atoms with Gasteiger partial charge in [0.15, 0.2) is 6.23 Å². The van der Waals surface area contributed by atoms with E-state index in [4.69, 9.17) is 15.6 Å². The second kappa shape index (κ2) is 5.20. The van der Waals surface area contributed by atoms with Gasteiger partial charge in [0.2, 0.25) is 0 Å². The normalized spacial score (nSPS) is 31.7. The van der Waals surface area contributed by atoms with Crippen molar-refractivity contribution in [1.29, 1.82) is 0 Å². The molecule has 4 atom stereocenters. The molecular formula is C8H12N4O5S. The standard InChI is InChI=1S/C8H12N4O5S/c9-8(16)18-4-1-10-12(11-4)7-6(15)5(14)3(2-13)17-7/h1,3,5-7,13-15H,2H2,(H2,9,16)/t3-,5-,6-,7-/m1/s1. The van der Waals surface area contributed by atoms with Gasteiger partial charge in [0.05, 0.1) is 12.8 Å². The van der Waals surface area contributed by atoms with E-state index >= 15 is 0 Å². The fraction of sp³-hybridized carbons (Fsp3) is 0.625. The molecule has 1 aliphatic heterocycles. The highest BCUT2D eigenvalue weighted by molar-refractivity contribution is 8.13. The molecule has 5 N–H and O–H groups in total. The first-order valence-corrected chi connectivity index (χ1v) is 5.86. The summed E-state index contributed by atoms with van der Waals surface area (Å²) in [7, 11) is 0. The molecule has 0 saturated carbocycles. The molecule has 0 radical (unpaired) electrons. The summed E-state index contributed by atoms with van der Waals surface area (Å²) in [6.07, 6.45) is -3.12. The van der Waals surface area contributed by atoms with Crippen molar-refractivity contribution < 1.29 is 24.9 Å². The summed E-state index contributed by atoms with van der Waals surface area (Å²) in [6, 6.07) is 0. The molecule has 9 nitrogen and oxygen atoms in total. The number of carbonyl (C=O) groups excluding carboxylic acids is 1. The number of carbonyl (C=O) groups is 1. The van der Waals surface area contributed by atoms with Crippen LogP contribution in [0.2, 0.25) is 0 Å². The predicted octanol–water partition coefficient (Wildman–Crippen LogP) is -1.94. The monoisotopic (exact) mass is 276 g/mol. The van der Waals surface area contributed by atoms with Crippen molar-refractivity contribution in [2.75, 3.05) is 6.61 Å². The summed E-state index contributed by atoms with van der Waals surface area (Å²) in [5.41, 5.74) is 4.97. The predicted molar refractivity (Wildman–Crippen MR) is 58.5 cm³/mol. The van der Waals surface area contributed by atoms with Gasteiger partial charge in [-0.2, -0.15) is 9.90 Å². The first-order chi connectivity index (χ1) is 8.52. The Balaban J connectivity index is 2.12. The number of hydrogen-bond acceptors (Lipinski definition) is 8. The number of aliphatic hydroxyl groups excluding tert-OH is 3. The number of aliphatic hydroxyl groups is 3. The molecule has 0 bridgehead atoms. The van der Waals surface area contributed by atoms with Gasteiger partial charge >= 0.3 is 0 Å². The molecule has 1 saturated heterocycles. The second-order valence-electron chi connectivity index (χ2n) is 3.65. The molecule has 1 aromatic heterocycles. The van der Waals surface area contributed by atoms with E-state index in [1.165, 1.54) is 6.20 Å². The van der Waals surface area contributed by atoms with Gasteiger partial charge in [-0.05, 0) is 11.8 Å². The Hall–Kier alpha value is -1.20. The zero-order valence-electron chi connectivity index (χ0n) is 9.08. The van der Waals surface area contributed by atoms with Crippen LogP contribution in [0.4, 0.5) is 4.79 Å². The van der Waals surface area contributed by atoms with Crippen LogP contribution in [0.25, 0.3) is 0 Å². The van der Waals surface area contributed by atoms with Gasteiger partial charge in [-0.15, -0.1) is 5.10 Å². The molecule has 0 aliphatic carbocycles. The Labute approximate surface area is 106 Å². The molecule has 1 aliphatic rings. The van der Waals surface area contributed by atoms with Crippen molar-refractivity contribution in [3.8, 4) is 0 Å².